The highest BCUT2D eigenvalue weighted by Gasteiger charge is 2.26. The summed E-state index contributed by atoms with van der Waals surface area (Å²) in [6.45, 7) is 7.74. The predicted molar refractivity (Wildman–Crippen MR) is 102 cm³/mol. The van der Waals surface area contributed by atoms with Crippen LogP contribution >= 0.6 is 0 Å². The molecule has 1 N–H and O–H groups in total. The highest BCUT2D eigenvalue weighted by Crippen LogP contribution is 2.18. The molecule has 134 valence electrons. The number of hydrogen-bond acceptors (Lipinski definition) is 4. The van der Waals surface area contributed by atoms with Gasteiger partial charge in [-0.15, -0.1) is 0 Å². The predicted octanol–water partition coefficient (Wildman–Crippen LogP) is 1.74. The largest absolute Gasteiger partial charge is 0.357 e. The molecule has 0 radical (unpaired) electrons. The third-order valence-electron chi connectivity index (χ3n) is 5.80. The Hall–Kier alpha value is -1.69. The van der Waals surface area contributed by atoms with E-state index >= 15 is 0 Å². The Morgan fingerprint density at radius 1 is 1.04 bits per heavy atom. The first-order valence-electron chi connectivity index (χ1n) is 9.45. The molecule has 1 aromatic carbocycles. The van der Waals surface area contributed by atoms with E-state index in [4.69, 9.17) is 0 Å². The van der Waals surface area contributed by atoms with Gasteiger partial charge >= 0.3 is 0 Å². The van der Waals surface area contributed by atoms with E-state index in [0.717, 1.165) is 55.4 Å². The van der Waals surface area contributed by atoms with Gasteiger partial charge in [0, 0.05) is 61.4 Å². The lowest BCUT2D eigenvalue weighted by Crippen LogP contribution is -2.52. The second-order valence-corrected chi connectivity index (χ2v) is 7.55. The van der Waals surface area contributed by atoms with Crippen molar-refractivity contribution in [1.82, 2.24) is 19.7 Å². The van der Waals surface area contributed by atoms with Crippen LogP contribution in [0.2, 0.25) is 0 Å². The first-order valence-corrected chi connectivity index (χ1v) is 9.45. The monoisotopic (exact) mass is 340 g/mol. The van der Waals surface area contributed by atoms with Crippen molar-refractivity contribution < 1.29 is 0 Å². The lowest BCUT2D eigenvalue weighted by molar-refractivity contribution is 0.0614. The molecule has 2 saturated heterocycles. The molecule has 2 aromatic rings. The fourth-order valence-corrected chi connectivity index (χ4v) is 4.22. The van der Waals surface area contributed by atoms with Crippen molar-refractivity contribution in [3.05, 3.63) is 46.2 Å². The second-order valence-electron chi connectivity index (χ2n) is 7.55. The normalized spacial score (nSPS) is 21.8. The van der Waals surface area contributed by atoms with Crippen molar-refractivity contribution in [3.8, 4) is 0 Å². The van der Waals surface area contributed by atoms with Gasteiger partial charge in [0.1, 0.15) is 0 Å². The van der Waals surface area contributed by atoms with Crippen LogP contribution in [0.25, 0.3) is 10.9 Å². The minimum atomic E-state index is 0.120. The summed E-state index contributed by atoms with van der Waals surface area (Å²) in [7, 11) is 2.22. The number of piperazine rings is 1. The topological polar surface area (TPSA) is 42.6 Å². The van der Waals surface area contributed by atoms with Crippen molar-refractivity contribution >= 4 is 10.9 Å². The van der Waals surface area contributed by atoms with E-state index in [9.17, 15) is 4.79 Å². The molecule has 0 atom stereocenters. The van der Waals surface area contributed by atoms with Crippen LogP contribution in [0.15, 0.2) is 35.1 Å². The van der Waals surface area contributed by atoms with Crippen LogP contribution in [0, 0.1) is 0 Å². The van der Waals surface area contributed by atoms with E-state index < -0.39 is 0 Å². The van der Waals surface area contributed by atoms with Crippen LogP contribution in [-0.4, -0.2) is 72.0 Å². The van der Waals surface area contributed by atoms with Crippen molar-refractivity contribution in [2.75, 3.05) is 46.3 Å². The molecular formula is C20H28N4O. The van der Waals surface area contributed by atoms with Crippen LogP contribution < -0.4 is 5.43 Å². The summed E-state index contributed by atoms with van der Waals surface area (Å²) < 4.78 is 0. The second kappa shape index (κ2) is 7.28. The number of para-hydroxylation sites is 1. The number of fused-ring (bicyclic) bond motifs is 1. The molecule has 1 aromatic heterocycles. The molecule has 2 aliphatic rings. The molecule has 0 aliphatic carbocycles. The number of rotatable bonds is 3. The Bertz CT molecular complexity index is 771. The molecule has 4 rings (SSSR count). The summed E-state index contributed by atoms with van der Waals surface area (Å²) in [4.78, 5) is 23.3. The number of nitrogens with zero attached hydrogens (tertiary/aromatic N) is 3. The Kier molecular flexibility index (Phi) is 4.88. The van der Waals surface area contributed by atoms with Crippen molar-refractivity contribution in [2.24, 2.45) is 0 Å². The Morgan fingerprint density at radius 3 is 2.52 bits per heavy atom. The number of likely N-dealkylation sites (tertiary alicyclic amines) is 1. The van der Waals surface area contributed by atoms with Gasteiger partial charge in [-0.1, -0.05) is 12.1 Å². The maximum Gasteiger partial charge on any atom is 0.189 e. The highest BCUT2D eigenvalue weighted by atomic mass is 16.1. The summed E-state index contributed by atoms with van der Waals surface area (Å²) in [5, 5.41) is 0.776. The molecule has 0 unspecified atom stereocenters. The molecule has 2 aliphatic heterocycles. The lowest BCUT2D eigenvalue weighted by atomic mass is 10.0. The molecule has 25 heavy (non-hydrogen) atoms. The minimum absolute atomic E-state index is 0.120. The summed E-state index contributed by atoms with van der Waals surface area (Å²) in [5.74, 6) is 0. The zero-order valence-corrected chi connectivity index (χ0v) is 15.1. The van der Waals surface area contributed by atoms with Gasteiger partial charge < -0.3 is 9.88 Å². The number of aromatic amines is 1. The first kappa shape index (κ1) is 16.8. The number of aromatic nitrogens is 1. The van der Waals surface area contributed by atoms with Crippen molar-refractivity contribution in [2.45, 2.75) is 25.4 Å². The maximum atomic E-state index is 12.3. The maximum absolute atomic E-state index is 12.3. The van der Waals surface area contributed by atoms with Crippen molar-refractivity contribution in [3.63, 3.8) is 0 Å². The van der Waals surface area contributed by atoms with E-state index in [1.165, 1.54) is 25.9 Å². The van der Waals surface area contributed by atoms with Crippen LogP contribution in [0.1, 0.15) is 18.5 Å². The lowest BCUT2D eigenvalue weighted by Gasteiger charge is -2.42. The molecule has 5 nitrogen and oxygen atoms in total. The number of benzene rings is 1. The van der Waals surface area contributed by atoms with E-state index in [-0.39, 0.29) is 5.43 Å². The van der Waals surface area contributed by atoms with E-state index in [0.29, 0.717) is 0 Å². The molecular weight excluding hydrogens is 312 g/mol. The van der Waals surface area contributed by atoms with Gasteiger partial charge in [0.05, 0.1) is 0 Å². The van der Waals surface area contributed by atoms with Gasteiger partial charge in [-0.2, -0.15) is 0 Å². The molecule has 0 spiro atoms. The number of H-pyrrole nitrogens is 1. The molecule has 0 bridgehead atoms. The average molecular weight is 340 g/mol. The Labute approximate surface area is 149 Å². The minimum Gasteiger partial charge on any atom is -0.357 e. The van der Waals surface area contributed by atoms with Gasteiger partial charge in [-0.05, 0) is 45.1 Å². The van der Waals surface area contributed by atoms with Gasteiger partial charge in [0.2, 0.25) is 0 Å². The van der Waals surface area contributed by atoms with Crippen LogP contribution in [0.3, 0.4) is 0 Å². The number of piperidine rings is 1. The Balaban J connectivity index is 1.36. The van der Waals surface area contributed by atoms with Gasteiger partial charge in [0.25, 0.3) is 0 Å². The van der Waals surface area contributed by atoms with Crippen LogP contribution in [-0.2, 0) is 6.54 Å². The van der Waals surface area contributed by atoms with Gasteiger partial charge in [-0.25, -0.2) is 0 Å². The highest BCUT2D eigenvalue weighted by molar-refractivity contribution is 5.78. The smallest absolute Gasteiger partial charge is 0.189 e. The first-order chi connectivity index (χ1) is 12.2. The van der Waals surface area contributed by atoms with E-state index in [1.807, 2.05) is 24.3 Å². The summed E-state index contributed by atoms with van der Waals surface area (Å²) in [5.41, 5.74) is 2.08. The number of nitrogens with one attached hydrogen (secondary N) is 1. The Morgan fingerprint density at radius 2 is 1.76 bits per heavy atom. The van der Waals surface area contributed by atoms with Gasteiger partial charge in [-0.3, -0.25) is 14.6 Å². The molecule has 5 heteroatoms. The third-order valence-corrected chi connectivity index (χ3v) is 5.80. The molecule has 3 heterocycles. The van der Waals surface area contributed by atoms with Crippen LogP contribution in [0.5, 0.6) is 0 Å². The molecule has 0 amide bonds. The molecule has 2 fully saturated rings. The summed E-state index contributed by atoms with van der Waals surface area (Å²) >= 11 is 0. The summed E-state index contributed by atoms with van der Waals surface area (Å²) in [6.07, 6.45) is 2.60. The van der Waals surface area contributed by atoms with Crippen molar-refractivity contribution in [1.29, 1.82) is 0 Å². The summed E-state index contributed by atoms with van der Waals surface area (Å²) in [6, 6.07) is 10.3. The average Bonchev–Trinajstić information content (AvgIpc) is 2.63. The molecule has 0 saturated carbocycles. The third kappa shape index (κ3) is 3.78. The van der Waals surface area contributed by atoms with E-state index in [1.54, 1.807) is 6.07 Å². The van der Waals surface area contributed by atoms with E-state index in [2.05, 4.69) is 26.7 Å². The number of pyridine rings is 1. The standard InChI is InChI=1S/C20H28N4O/c1-22-8-6-17(7-9-22)24-12-10-23(11-13-24)15-16-14-20(25)18-4-2-3-5-19(18)21-16/h2-5,14,17H,6-13,15H2,1H3,(H,21,25). The van der Waals surface area contributed by atoms with Gasteiger partial charge in [0.15, 0.2) is 5.43 Å². The SMILES string of the molecule is CN1CCC(N2CCN(Cc3cc(=O)c4ccccc4[nH]3)CC2)CC1. The zero-order chi connectivity index (χ0) is 17.2. The number of hydrogen-bond donors (Lipinski definition) is 1. The zero-order valence-electron chi connectivity index (χ0n) is 15.1. The quantitative estimate of drug-likeness (QED) is 0.924. The fourth-order valence-electron chi connectivity index (χ4n) is 4.22. The fraction of sp³-hybridized carbons (Fsp3) is 0.550. The van der Waals surface area contributed by atoms with Crippen LogP contribution in [0.4, 0.5) is 0 Å².